The molecule has 1 rings (SSSR count). The van der Waals surface area contributed by atoms with Gasteiger partial charge >= 0.3 is 11.9 Å². The average molecular weight is 287 g/mol. The van der Waals surface area contributed by atoms with Gasteiger partial charge in [-0.05, 0) is 0 Å². The van der Waals surface area contributed by atoms with Crippen LogP contribution in [0.2, 0.25) is 0 Å². The van der Waals surface area contributed by atoms with E-state index in [1.807, 2.05) is 0 Å². The largest absolute Gasteiger partial charge is 0.503 e. The van der Waals surface area contributed by atoms with Crippen molar-refractivity contribution in [3.63, 3.8) is 0 Å². The monoisotopic (exact) mass is 287 g/mol. The van der Waals surface area contributed by atoms with Crippen molar-refractivity contribution in [1.82, 2.24) is 0 Å². The molecule has 108 valence electrons. The number of nitrogens with one attached hydrogen (secondary N) is 1. The lowest BCUT2D eigenvalue weighted by atomic mass is 10.2. The zero-order valence-electron chi connectivity index (χ0n) is 10.6. The van der Waals surface area contributed by atoms with Gasteiger partial charge in [0.25, 0.3) is 0 Å². The maximum atomic E-state index is 13.1. The molecule has 6 nitrogen and oxygen atoms in total. The number of phenols is 1. The van der Waals surface area contributed by atoms with E-state index in [0.717, 1.165) is 32.4 Å². The van der Waals surface area contributed by atoms with Crippen LogP contribution in [0, 0.1) is 11.6 Å². The molecule has 0 amide bonds. The summed E-state index contributed by atoms with van der Waals surface area (Å²) in [6, 6.07) is 1.49. The van der Waals surface area contributed by atoms with Crippen LogP contribution in [-0.2, 0) is 19.1 Å². The minimum atomic E-state index is -1.23. The van der Waals surface area contributed by atoms with Crippen LogP contribution in [0.15, 0.2) is 23.9 Å². The number of rotatable bonds is 4. The Balaban J connectivity index is 3.10. The van der Waals surface area contributed by atoms with E-state index in [-0.39, 0.29) is 11.4 Å². The van der Waals surface area contributed by atoms with E-state index in [0.29, 0.717) is 0 Å². The van der Waals surface area contributed by atoms with Crippen LogP contribution in [0.3, 0.4) is 0 Å². The van der Waals surface area contributed by atoms with E-state index >= 15 is 0 Å². The minimum Gasteiger partial charge on any atom is -0.503 e. The Kier molecular flexibility index (Phi) is 5.01. The van der Waals surface area contributed by atoms with E-state index in [2.05, 4.69) is 14.8 Å². The lowest BCUT2D eigenvalue weighted by molar-refractivity contribution is -0.138. The first kappa shape index (κ1) is 15.4. The lowest BCUT2D eigenvalue weighted by Gasteiger charge is -2.10. The van der Waals surface area contributed by atoms with Crippen LogP contribution in [0.25, 0.3) is 0 Å². The molecule has 0 aliphatic heterocycles. The second-order valence-electron chi connectivity index (χ2n) is 3.49. The van der Waals surface area contributed by atoms with Crippen LogP contribution in [0.4, 0.5) is 14.5 Å². The highest BCUT2D eigenvalue weighted by molar-refractivity contribution is 5.98. The Morgan fingerprint density at radius 2 is 1.75 bits per heavy atom. The standard InChI is InChI=1S/C12H11F2NO5/c1-19-10(16)5-9(12(18)20-2)15-6-3-7(13)11(17)8(14)4-6/h3-5,15,17H,1-2H3/b9-5+. The van der Waals surface area contributed by atoms with Crippen LogP contribution in [0.1, 0.15) is 0 Å². The topological polar surface area (TPSA) is 84.9 Å². The third-order valence-electron chi connectivity index (χ3n) is 2.16. The molecule has 0 radical (unpaired) electrons. The molecule has 0 saturated heterocycles. The van der Waals surface area contributed by atoms with Crippen LogP contribution < -0.4 is 5.32 Å². The van der Waals surface area contributed by atoms with Gasteiger partial charge in [0, 0.05) is 17.8 Å². The van der Waals surface area contributed by atoms with Crippen molar-refractivity contribution >= 4 is 17.6 Å². The van der Waals surface area contributed by atoms with E-state index in [1.165, 1.54) is 0 Å². The van der Waals surface area contributed by atoms with E-state index in [1.54, 1.807) is 0 Å². The summed E-state index contributed by atoms with van der Waals surface area (Å²) in [5.41, 5.74) is -0.581. The third-order valence-corrected chi connectivity index (χ3v) is 2.16. The number of halogens is 2. The van der Waals surface area contributed by atoms with Crippen molar-refractivity contribution < 1.29 is 33.0 Å². The highest BCUT2D eigenvalue weighted by atomic mass is 19.1. The summed E-state index contributed by atoms with van der Waals surface area (Å²) in [6.07, 6.45) is 0.758. The fourth-order valence-corrected chi connectivity index (χ4v) is 1.23. The molecule has 0 heterocycles. The molecule has 0 aliphatic rings. The molecule has 0 aromatic heterocycles. The molecule has 0 bridgehead atoms. The van der Waals surface area contributed by atoms with Gasteiger partial charge in [-0.3, -0.25) is 0 Å². The molecule has 0 fully saturated rings. The van der Waals surface area contributed by atoms with Gasteiger partial charge in [0.1, 0.15) is 5.70 Å². The zero-order valence-corrected chi connectivity index (χ0v) is 10.6. The maximum Gasteiger partial charge on any atom is 0.354 e. The second-order valence-corrected chi connectivity index (χ2v) is 3.49. The number of anilines is 1. The van der Waals surface area contributed by atoms with E-state index < -0.39 is 29.3 Å². The van der Waals surface area contributed by atoms with E-state index in [9.17, 15) is 18.4 Å². The number of ether oxygens (including phenoxy) is 2. The van der Waals surface area contributed by atoms with Crippen molar-refractivity contribution in [2.75, 3.05) is 19.5 Å². The Labute approximate surface area is 112 Å². The Hall–Kier alpha value is -2.64. The second kappa shape index (κ2) is 6.50. The number of carbonyl (C=O) groups is 2. The normalized spacial score (nSPS) is 10.9. The smallest absolute Gasteiger partial charge is 0.354 e. The van der Waals surface area contributed by atoms with Crippen molar-refractivity contribution in [3.8, 4) is 5.75 Å². The number of benzene rings is 1. The molecule has 2 N–H and O–H groups in total. The van der Waals surface area contributed by atoms with Crippen molar-refractivity contribution in [1.29, 1.82) is 0 Å². The molecule has 0 atom stereocenters. The number of carbonyl (C=O) groups excluding carboxylic acids is 2. The Morgan fingerprint density at radius 3 is 2.20 bits per heavy atom. The van der Waals surface area contributed by atoms with E-state index in [4.69, 9.17) is 5.11 Å². The summed E-state index contributed by atoms with van der Waals surface area (Å²) in [5.74, 6) is -5.40. The summed E-state index contributed by atoms with van der Waals surface area (Å²) >= 11 is 0. The minimum absolute atomic E-state index is 0.196. The predicted molar refractivity (Wildman–Crippen MR) is 63.8 cm³/mol. The predicted octanol–water partition coefficient (Wildman–Crippen LogP) is 1.31. The highest BCUT2D eigenvalue weighted by Crippen LogP contribution is 2.25. The number of hydrogen-bond acceptors (Lipinski definition) is 6. The molecule has 0 spiro atoms. The van der Waals surface area contributed by atoms with Crippen LogP contribution in [-0.4, -0.2) is 31.3 Å². The summed E-state index contributed by atoms with van der Waals surface area (Å²) in [7, 11) is 2.15. The first-order chi connectivity index (χ1) is 9.38. The quantitative estimate of drug-likeness (QED) is 0.493. The zero-order chi connectivity index (χ0) is 15.3. The highest BCUT2D eigenvalue weighted by Gasteiger charge is 2.15. The molecule has 0 unspecified atom stereocenters. The van der Waals surface area contributed by atoms with Gasteiger partial charge in [0.05, 0.1) is 20.3 Å². The molecule has 0 saturated carbocycles. The van der Waals surface area contributed by atoms with Gasteiger partial charge in [-0.2, -0.15) is 0 Å². The summed E-state index contributed by atoms with van der Waals surface area (Å²) < 4.78 is 35.0. The fourth-order valence-electron chi connectivity index (χ4n) is 1.23. The molecular weight excluding hydrogens is 276 g/mol. The summed E-state index contributed by atoms with van der Waals surface area (Å²) in [6.45, 7) is 0. The Bertz CT molecular complexity index is 548. The van der Waals surface area contributed by atoms with Crippen LogP contribution in [0.5, 0.6) is 5.75 Å². The molecule has 8 heteroatoms. The molecule has 20 heavy (non-hydrogen) atoms. The summed E-state index contributed by atoms with van der Waals surface area (Å²) in [5, 5.41) is 11.2. The average Bonchev–Trinajstić information content (AvgIpc) is 2.42. The number of esters is 2. The molecule has 1 aromatic rings. The lowest BCUT2D eigenvalue weighted by Crippen LogP contribution is -2.15. The van der Waals surface area contributed by atoms with Crippen LogP contribution >= 0.6 is 0 Å². The SMILES string of the molecule is COC(=O)/C=C(/Nc1cc(F)c(O)c(F)c1)C(=O)OC. The number of phenolic OH excluding ortho intramolecular Hbond substituents is 1. The molecule has 1 aromatic carbocycles. The summed E-state index contributed by atoms with van der Waals surface area (Å²) in [4.78, 5) is 22.5. The third kappa shape index (κ3) is 3.67. The van der Waals surface area contributed by atoms with Crippen molar-refractivity contribution in [2.45, 2.75) is 0 Å². The fraction of sp³-hybridized carbons (Fsp3) is 0.167. The van der Waals surface area contributed by atoms with Gasteiger partial charge in [0.15, 0.2) is 17.4 Å². The van der Waals surface area contributed by atoms with Gasteiger partial charge < -0.3 is 19.9 Å². The van der Waals surface area contributed by atoms with Gasteiger partial charge in [-0.1, -0.05) is 0 Å². The Morgan fingerprint density at radius 1 is 1.20 bits per heavy atom. The van der Waals surface area contributed by atoms with Crippen molar-refractivity contribution in [2.24, 2.45) is 0 Å². The van der Waals surface area contributed by atoms with Gasteiger partial charge in [-0.25, -0.2) is 18.4 Å². The van der Waals surface area contributed by atoms with Gasteiger partial charge in [0.2, 0.25) is 0 Å². The number of aromatic hydroxyl groups is 1. The first-order valence-corrected chi connectivity index (χ1v) is 5.22. The molecular formula is C12H11F2NO5. The first-order valence-electron chi connectivity index (χ1n) is 5.22. The maximum absolute atomic E-state index is 13.1. The number of methoxy groups -OCH3 is 2. The number of hydrogen-bond donors (Lipinski definition) is 2. The van der Waals surface area contributed by atoms with Crippen molar-refractivity contribution in [3.05, 3.63) is 35.5 Å². The van der Waals surface area contributed by atoms with Gasteiger partial charge in [-0.15, -0.1) is 0 Å². The molecule has 0 aliphatic carbocycles.